The Morgan fingerprint density at radius 2 is 2.12 bits per heavy atom. The molecule has 88 valence electrons. The summed E-state index contributed by atoms with van der Waals surface area (Å²) < 4.78 is 13.2. The second-order valence-electron chi connectivity index (χ2n) is 3.92. The Labute approximate surface area is 95.0 Å². The number of nitrogen functional groups attached to an aromatic ring is 1. The maximum atomic E-state index is 13.2. The van der Waals surface area contributed by atoms with Crippen LogP contribution in [0.2, 0.25) is 0 Å². The van der Waals surface area contributed by atoms with Crippen LogP contribution in [-0.4, -0.2) is 23.4 Å². The number of hydrogen-bond acceptors (Lipinski definition) is 2. The molecule has 3 nitrogen and oxygen atoms in total. The number of benzene rings is 1. The van der Waals surface area contributed by atoms with Crippen molar-refractivity contribution in [2.45, 2.75) is 26.8 Å². The third-order valence-corrected chi connectivity index (χ3v) is 2.47. The van der Waals surface area contributed by atoms with Crippen LogP contribution in [0.5, 0.6) is 0 Å². The smallest absolute Gasteiger partial charge is 0.254 e. The van der Waals surface area contributed by atoms with E-state index in [-0.39, 0.29) is 17.6 Å². The van der Waals surface area contributed by atoms with Crippen molar-refractivity contribution >= 4 is 11.6 Å². The molecular formula is C12H17FN2O. The highest BCUT2D eigenvalue weighted by Crippen LogP contribution is 2.14. The molecule has 0 heterocycles. The fourth-order valence-corrected chi connectivity index (χ4v) is 1.57. The molecule has 0 saturated carbocycles. The first-order chi connectivity index (χ1) is 7.47. The molecule has 1 amide bonds. The lowest BCUT2D eigenvalue weighted by Gasteiger charge is -2.25. The average Bonchev–Trinajstić information content (AvgIpc) is 2.22. The predicted octanol–water partition coefficient (Wildman–Crippen LogP) is 2.28. The maximum Gasteiger partial charge on any atom is 0.254 e. The van der Waals surface area contributed by atoms with E-state index in [0.29, 0.717) is 12.1 Å². The summed E-state index contributed by atoms with van der Waals surface area (Å²) in [7, 11) is 0. The summed E-state index contributed by atoms with van der Waals surface area (Å²) in [5.74, 6) is -0.720. The fourth-order valence-electron chi connectivity index (χ4n) is 1.57. The van der Waals surface area contributed by atoms with Gasteiger partial charge in [0.15, 0.2) is 0 Å². The van der Waals surface area contributed by atoms with Gasteiger partial charge in [-0.2, -0.15) is 0 Å². The van der Waals surface area contributed by atoms with Gasteiger partial charge in [-0.1, -0.05) is 0 Å². The van der Waals surface area contributed by atoms with Gasteiger partial charge in [-0.15, -0.1) is 0 Å². The Kier molecular flexibility index (Phi) is 3.88. The first-order valence-electron chi connectivity index (χ1n) is 5.33. The van der Waals surface area contributed by atoms with Gasteiger partial charge in [-0.05, 0) is 39.0 Å². The molecule has 0 bridgehead atoms. The Morgan fingerprint density at radius 3 is 2.56 bits per heavy atom. The third kappa shape index (κ3) is 2.51. The van der Waals surface area contributed by atoms with Gasteiger partial charge in [-0.25, -0.2) is 4.39 Å². The fraction of sp³-hybridized carbons (Fsp3) is 0.417. The molecule has 1 aromatic rings. The summed E-state index contributed by atoms with van der Waals surface area (Å²) in [4.78, 5) is 13.7. The molecule has 0 fully saturated rings. The SMILES string of the molecule is CCN(C(=O)c1ccc(N)c(F)c1)C(C)C. The molecule has 4 heteroatoms. The van der Waals surface area contributed by atoms with Crippen LogP contribution in [0, 0.1) is 5.82 Å². The Hall–Kier alpha value is -1.58. The molecule has 0 atom stereocenters. The molecule has 0 aliphatic rings. The number of amides is 1. The van der Waals surface area contributed by atoms with Crippen molar-refractivity contribution in [3.8, 4) is 0 Å². The molecule has 1 aromatic carbocycles. The topological polar surface area (TPSA) is 46.3 Å². The highest BCUT2D eigenvalue weighted by atomic mass is 19.1. The number of anilines is 1. The third-order valence-electron chi connectivity index (χ3n) is 2.47. The van der Waals surface area contributed by atoms with E-state index in [1.165, 1.54) is 12.1 Å². The van der Waals surface area contributed by atoms with Gasteiger partial charge in [-0.3, -0.25) is 4.79 Å². The Morgan fingerprint density at radius 1 is 1.50 bits per heavy atom. The number of rotatable bonds is 3. The highest BCUT2D eigenvalue weighted by Gasteiger charge is 2.17. The summed E-state index contributed by atoms with van der Waals surface area (Å²) in [5.41, 5.74) is 5.75. The van der Waals surface area contributed by atoms with Gasteiger partial charge in [0.2, 0.25) is 0 Å². The van der Waals surface area contributed by atoms with Gasteiger partial charge in [0.05, 0.1) is 5.69 Å². The zero-order valence-electron chi connectivity index (χ0n) is 9.83. The lowest BCUT2D eigenvalue weighted by molar-refractivity contribution is 0.0716. The van der Waals surface area contributed by atoms with Crippen molar-refractivity contribution in [1.29, 1.82) is 0 Å². The van der Waals surface area contributed by atoms with Crippen LogP contribution < -0.4 is 5.73 Å². The first kappa shape index (κ1) is 12.5. The van der Waals surface area contributed by atoms with E-state index >= 15 is 0 Å². The quantitative estimate of drug-likeness (QED) is 0.801. The van der Waals surface area contributed by atoms with Crippen LogP contribution in [0.3, 0.4) is 0 Å². The van der Waals surface area contributed by atoms with Crippen LogP contribution in [0.25, 0.3) is 0 Å². The van der Waals surface area contributed by atoms with E-state index in [4.69, 9.17) is 5.73 Å². The van der Waals surface area contributed by atoms with Crippen LogP contribution in [0.15, 0.2) is 18.2 Å². The second kappa shape index (κ2) is 4.96. The van der Waals surface area contributed by atoms with Crippen molar-refractivity contribution < 1.29 is 9.18 Å². The molecule has 0 unspecified atom stereocenters. The highest BCUT2D eigenvalue weighted by molar-refractivity contribution is 5.94. The molecule has 0 aromatic heterocycles. The summed E-state index contributed by atoms with van der Waals surface area (Å²) in [6.07, 6.45) is 0. The molecule has 0 spiro atoms. The van der Waals surface area contributed by atoms with Crippen molar-refractivity contribution in [2.24, 2.45) is 0 Å². The Bertz CT molecular complexity index is 391. The Balaban J connectivity index is 2.99. The molecular weight excluding hydrogens is 207 g/mol. The summed E-state index contributed by atoms with van der Waals surface area (Å²) in [6, 6.07) is 4.24. The zero-order chi connectivity index (χ0) is 12.3. The summed E-state index contributed by atoms with van der Waals surface area (Å²) >= 11 is 0. The van der Waals surface area contributed by atoms with E-state index in [1.54, 1.807) is 11.0 Å². The van der Waals surface area contributed by atoms with Gasteiger partial charge in [0.1, 0.15) is 5.82 Å². The molecule has 1 rings (SSSR count). The van der Waals surface area contributed by atoms with Crippen LogP contribution in [0.1, 0.15) is 31.1 Å². The second-order valence-corrected chi connectivity index (χ2v) is 3.92. The van der Waals surface area contributed by atoms with Gasteiger partial charge in [0.25, 0.3) is 5.91 Å². The zero-order valence-corrected chi connectivity index (χ0v) is 9.83. The number of halogens is 1. The van der Waals surface area contributed by atoms with Gasteiger partial charge >= 0.3 is 0 Å². The molecule has 0 aliphatic carbocycles. The predicted molar refractivity (Wildman–Crippen MR) is 62.7 cm³/mol. The molecule has 0 aliphatic heterocycles. The van der Waals surface area contributed by atoms with Crippen LogP contribution >= 0.6 is 0 Å². The number of nitrogens with two attached hydrogens (primary N) is 1. The number of carbonyl (C=O) groups excluding carboxylic acids is 1. The van der Waals surface area contributed by atoms with Crippen molar-refractivity contribution in [3.63, 3.8) is 0 Å². The van der Waals surface area contributed by atoms with Crippen LogP contribution in [0.4, 0.5) is 10.1 Å². The first-order valence-corrected chi connectivity index (χ1v) is 5.33. The largest absolute Gasteiger partial charge is 0.396 e. The lowest BCUT2D eigenvalue weighted by Crippen LogP contribution is -2.36. The number of carbonyl (C=O) groups is 1. The minimum atomic E-state index is -0.550. The minimum absolute atomic E-state index is 0.0594. The van der Waals surface area contributed by atoms with Crippen molar-refractivity contribution in [3.05, 3.63) is 29.6 Å². The van der Waals surface area contributed by atoms with Crippen molar-refractivity contribution in [1.82, 2.24) is 4.90 Å². The van der Waals surface area contributed by atoms with E-state index in [0.717, 1.165) is 0 Å². The summed E-state index contributed by atoms with van der Waals surface area (Å²) in [5, 5.41) is 0. The average molecular weight is 224 g/mol. The number of nitrogens with zero attached hydrogens (tertiary/aromatic N) is 1. The molecule has 0 radical (unpaired) electrons. The normalized spacial score (nSPS) is 10.6. The standard InChI is InChI=1S/C12H17FN2O/c1-4-15(8(2)3)12(16)9-5-6-11(14)10(13)7-9/h5-8H,4,14H2,1-3H3. The molecule has 16 heavy (non-hydrogen) atoms. The van der Waals surface area contributed by atoms with Crippen LogP contribution in [-0.2, 0) is 0 Å². The maximum absolute atomic E-state index is 13.2. The van der Waals surface area contributed by atoms with E-state index in [1.807, 2.05) is 20.8 Å². The number of hydrogen-bond donors (Lipinski definition) is 1. The monoisotopic (exact) mass is 224 g/mol. The summed E-state index contributed by atoms with van der Waals surface area (Å²) in [6.45, 7) is 6.35. The van der Waals surface area contributed by atoms with Crippen molar-refractivity contribution in [2.75, 3.05) is 12.3 Å². The van der Waals surface area contributed by atoms with Gasteiger partial charge < -0.3 is 10.6 Å². The molecule has 2 N–H and O–H groups in total. The van der Waals surface area contributed by atoms with E-state index < -0.39 is 5.82 Å². The van der Waals surface area contributed by atoms with Gasteiger partial charge in [0, 0.05) is 18.2 Å². The van der Waals surface area contributed by atoms with E-state index in [9.17, 15) is 9.18 Å². The van der Waals surface area contributed by atoms with E-state index in [2.05, 4.69) is 0 Å². The minimum Gasteiger partial charge on any atom is -0.396 e. The lowest BCUT2D eigenvalue weighted by atomic mass is 10.1. The molecule has 0 saturated heterocycles.